The smallest absolute Gasteiger partial charge is 0.0666 e. The molecule has 0 radical (unpaired) electrons. The molecule has 1 fully saturated rings. The van der Waals surface area contributed by atoms with Crippen LogP contribution in [0.2, 0.25) is 0 Å². The van der Waals surface area contributed by atoms with E-state index in [0.717, 1.165) is 13.2 Å². The van der Waals surface area contributed by atoms with Crippen LogP contribution in [0.15, 0.2) is 12.2 Å². The third-order valence-electron chi connectivity index (χ3n) is 0.926. The minimum absolute atomic E-state index is 0.0648. The molecule has 0 aromatic rings. The number of hydrogen-bond acceptors (Lipinski definition) is 3. The van der Waals surface area contributed by atoms with Crippen molar-refractivity contribution in [3.05, 3.63) is 12.2 Å². The normalized spacial score (nSPS) is 14.1. The zero-order chi connectivity index (χ0) is 7.98. The molecule has 58 valence electrons. The predicted molar refractivity (Wildman–Crippen MR) is 35.3 cm³/mol. The molecule has 0 spiro atoms. The van der Waals surface area contributed by atoms with Gasteiger partial charge in [-0.25, -0.2) is 0 Å². The molecule has 0 saturated carbocycles. The molecule has 1 rings (SSSR count). The number of carboxylic acids is 1. The zero-order valence-corrected chi connectivity index (χ0v) is 6.05. The fourth-order valence-electron chi connectivity index (χ4n) is 0.144. The van der Waals surface area contributed by atoms with Crippen LogP contribution in [-0.4, -0.2) is 19.2 Å². The topological polar surface area (TPSA) is 49.4 Å². The summed E-state index contributed by atoms with van der Waals surface area (Å²) >= 11 is 0. The van der Waals surface area contributed by atoms with Gasteiger partial charge in [-0.15, -0.1) is 0 Å². The van der Waals surface area contributed by atoms with Gasteiger partial charge in [0.25, 0.3) is 0 Å². The Morgan fingerprint density at radius 2 is 1.80 bits per heavy atom. The summed E-state index contributed by atoms with van der Waals surface area (Å²) in [5.41, 5.74) is 0.0648. The second kappa shape index (κ2) is 4.99. The maximum atomic E-state index is 9.49. The summed E-state index contributed by atoms with van der Waals surface area (Å²) < 4.78 is 4.72. The van der Waals surface area contributed by atoms with Gasteiger partial charge in [-0.05, 0) is 18.9 Å². The van der Waals surface area contributed by atoms with Crippen molar-refractivity contribution >= 4 is 5.97 Å². The summed E-state index contributed by atoms with van der Waals surface area (Å²) in [6.45, 7) is 6.48. The number of carboxylic acid groups (broad SMARTS) is 1. The van der Waals surface area contributed by atoms with Crippen LogP contribution in [0, 0.1) is 0 Å². The molecule has 10 heavy (non-hydrogen) atoms. The van der Waals surface area contributed by atoms with Crippen LogP contribution in [0.1, 0.15) is 13.3 Å². The second-order valence-corrected chi connectivity index (χ2v) is 2.03. The molecular formula is C7H11O3-. The molecular weight excluding hydrogens is 132 g/mol. The maximum absolute atomic E-state index is 9.49. The number of carbonyl (C=O) groups excluding carboxylic acids is 1. The standard InChI is InChI=1S/C4H6O2.C3H6O/c1-3(2)4(5)6;1-2-4-3-1/h1H2,2H3,(H,5,6);1-3H2/p-1. The molecule has 3 nitrogen and oxygen atoms in total. The first-order chi connectivity index (χ1) is 4.64. The number of hydrogen-bond donors (Lipinski definition) is 0. The highest BCUT2D eigenvalue weighted by Crippen LogP contribution is 1.93. The summed E-state index contributed by atoms with van der Waals surface area (Å²) in [6, 6.07) is 0. The summed E-state index contributed by atoms with van der Waals surface area (Å²) in [4.78, 5) is 9.49. The average Bonchev–Trinajstić information content (AvgIpc) is 1.59. The lowest BCUT2D eigenvalue weighted by atomic mass is 10.4. The number of rotatable bonds is 1. The van der Waals surface area contributed by atoms with E-state index in [0.29, 0.717) is 0 Å². The van der Waals surface area contributed by atoms with Gasteiger partial charge in [-0.2, -0.15) is 0 Å². The van der Waals surface area contributed by atoms with Gasteiger partial charge in [0, 0.05) is 13.2 Å². The largest absolute Gasteiger partial charge is 0.545 e. The van der Waals surface area contributed by atoms with Gasteiger partial charge in [-0.1, -0.05) is 6.58 Å². The van der Waals surface area contributed by atoms with Gasteiger partial charge in [0.05, 0.1) is 5.97 Å². The van der Waals surface area contributed by atoms with Crippen molar-refractivity contribution in [3.63, 3.8) is 0 Å². The van der Waals surface area contributed by atoms with Crippen LogP contribution in [0.5, 0.6) is 0 Å². The fourth-order valence-corrected chi connectivity index (χ4v) is 0.144. The van der Waals surface area contributed by atoms with Crippen molar-refractivity contribution in [2.24, 2.45) is 0 Å². The summed E-state index contributed by atoms with van der Waals surface area (Å²) in [6.07, 6.45) is 1.28. The molecule has 0 bridgehead atoms. The van der Waals surface area contributed by atoms with Crippen LogP contribution < -0.4 is 5.11 Å². The van der Waals surface area contributed by atoms with E-state index in [4.69, 9.17) is 4.74 Å². The van der Waals surface area contributed by atoms with Crippen LogP contribution in [0.4, 0.5) is 0 Å². The molecule has 0 aromatic carbocycles. The van der Waals surface area contributed by atoms with Crippen molar-refractivity contribution < 1.29 is 14.6 Å². The van der Waals surface area contributed by atoms with Crippen molar-refractivity contribution in [1.29, 1.82) is 0 Å². The summed E-state index contributed by atoms with van der Waals surface area (Å²) in [5, 5.41) is 9.49. The van der Waals surface area contributed by atoms with Gasteiger partial charge in [-0.3, -0.25) is 0 Å². The SMILES string of the molecule is C1COC1.C=C(C)C(=O)[O-]. The van der Waals surface area contributed by atoms with E-state index in [-0.39, 0.29) is 5.57 Å². The molecule has 1 aliphatic heterocycles. The van der Waals surface area contributed by atoms with Crippen LogP contribution in [0.3, 0.4) is 0 Å². The Balaban J connectivity index is 0.000000172. The van der Waals surface area contributed by atoms with Crippen molar-refractivity contribution in [1.82, 2.24) is 0 Å². The molecule has 1 aliphatic rings. The van der Waals surface area contributed by atoms with Crippen molar-refractivity contribution in [2.45, 2.75) is 13.3 Å². The molecule has 0 atom stereocenters. The second-order valence-electron chi connectivity index (χ2n) is 2.03. The number of carbonyl (C=O) groups is 1. The van der Waals surface area contributed by atoms with E-state index >= 15 is 0 Å². The lowest BCUT2D eigenvalue weighted by Gasteiger charge is -2.09. The first kappa shape index (κ1) is 9.17. The summed E-state index contributed by atoms with van der Waals surface area (Å²) in [5.74, 6) is -1.19. The minimum Gasteiger partial charge on any atom is -0.545 e. The monoisotopic (exact) mass is 143 g/mol. The van der Waals surface area contributed by atoms with Crippen LogP contribution in [-0.2, 0) is 9.53 Å². The Morgan fingerprint density at radius 3 is 1.80 bits per heavy atom. The minimum atomic E-state index is -1.19. The highest BCUT2D eigenvalue weighted by molar-refractivity contribution is 5.82. The Hall–Kier alpha value is -0.830. The van der Waals surface area contributed by atoms with E-state index in [1.165, 1.54) is 13.3 Å². The van der Waals surface area contributed by atoms with Crippen LogP contribution >= 0.6 is 0 Å². The van der Waals surface area contributed by atoms with Gasteiger partial charge in [0.1, 0.15) is 0 Å². The first-order valence-corrected chi connectivity index (χ1v) is 3.09. The van der Waals surface area contributed by atoms with Crippen LogP contribution in [0.25, 0.3) is 0 Å². The quantitative estimate of drug-likeness (QED) is 0.474. The lowest BCUT2D eigenvalue weighted by molar-refractivity contribution is -0.299. The number of aliphatic carboxylic acids is 1. The molecule has 3 heteroatoms. The Kier molecular flexibility index (Phi) is 4.58. The molecule has 1 saturated heterocycles. The molecule has 1 heterocycles. The van der Waals surface area contributed by atoms with E-state index < -0.39 is 5.97 Å². The van der Waals surface area contributed by atoms with Gasteiger partial charge in [0.2, 0.25) is 0 Å². The van der Waals surface area contributed by atoms with Gasteiger partial charge in [0.15, 0.2) is 0 Å². The zero-order valence-electron chi connectivity index (χ0n) is 6.05. The van der Waals surface area contributed by atoms with Crippen molar-refractivity contribution in [2.75, 3.05) is 13.2 Å². The average molecular weight is 143 g/mol. The first-order valence-electron chi connectivity index (χ1n) is 3.09. The molecule has 0 N–H and O–H groups in total. The van der Waals surface area contributed by atoms with E-state index in [9.17, 15) is 9.90 Å². The lowest BCUT2D eigenvalue weighted by Crippen LogP contribution is -2.22. The maximum Gasteiger partial charge on any atom is 0.0666 e. The summed E-state index contributed by atoms with van der Waals surface area (Å²) in [7, 11) is 0. The Bertz CT molecular complexity index is 109. The Morgan fingerprint density at radius 1 is 1.60 bits per heavy atom. The van der Waals surface area contributed by atoms with Crippen molar-refractivity contribution in [3.8, 4) is 0 Å². The van der Waals surface area contributed by atoms with E-state index in [1.807, 2.05) is 0 Å². The highest BCUT2D eigenvalue weighted by atomic mass is 16.5. The van der Waals surface area contributed by atoms with E-state index in [1.54, 1.807) is 0 Å². The molecule has 0 unspecified atom stereocenters. The highest BCUT2D eigenvalue weighted by Gasteiger charge is 1.94. The van der Waals surface area contributed by atoms with Gasteiger partial charge < -0.3 is 14.6 Å². The predicted octanol–water partition coefficient (Wildman–Crippen LogP) is -0.281. The third kappa shape index (κ3) is 5.31. The molecule has 0 aromatic heterocycles. The molecule has 0 aliphatic carbocycles. The molecule has 0 amide bonds. The number of ether oxygens (including phenoxy) is 1. The fraction of sp³-hybridized carbons (Fsp3) is 0.571. The van der Waals surface area contributed by atoms with E-state index in [2.05, 4.69) is 6.58 Å². The third-order valence-corrected chi connectivity index (χ3v) is 0.926. The Labute approximate surface area is 60.3 Å². The van der Waals surface area contributed by atoms with Gasteiger partial charge >= 0.3 is 0 Å².